The fourth-order valence-corrected chi connectivity index (χ4v) is 5.60. The fourth-order valence-electron chi connectivity index (χ4n) is 5.60. The lowest BCUT2D eigenvalue weighted by Crippen LogP contribution is -2.13. The van der Waals surface area contributed by atoms with Gasteiger partial charge in [0.2, 0.25) is 0 Å². The monoisotopic (exact) mass is 541 g/mol. The molecule has 5 rings (SSSR count). The highest BCUT2D eigenvalue weighted by Gasteiger charge is 2.22. The maximum Gasteiger partial charge on any atom is 0.182 e. The number of nitrogens with zero attached hydrogens (tertiary/aromatic N) is 3. The predicted octanol–water partition coefficient (Wildman–Crippen LogP) is 10.1. The molecule has 0 aliphatic rings. The van der Waals surface area contributed by atoms with Crippen molar-refractivity contribution in [2.75, 3.05) is 0 Å². The van der Waals surface area contributed by atoms with Crippen molar-refractivity contribution >= 4 is 0 Å². The molecule has 3 nitrogen and oxygen atoms in total. The predicted molar refractivity (Wildman–Crippen MR) is 174 cm³/mol. The maximum atomic E-state index is 5.20. The van der Waals surface area contributed by atoms with Crippen LogP contribution in [0, 0.1) is 27.7 Å². The minimum absolute atomic E-state index is 0.0698. The first kappa shape index (κ1) is 28.5. The molecule has 41 heavy (non-hydrogen) atoms. The highest BCUT2D eigenvalue weighted by atomic mass is 15.4. The first-order chi connectivity index (χ1) is 19.2. The van der Waals surface area contributed by atoms with Crippen molar-refractivity contribution in [1.29, 1.82) is 0 Å². The molecule has 0 spiro atoms. The van der Waals surface area contributed by atoms with E-state index in [-0.39, 0.29) is 10.8 Å². The third-order valence-corrected chi connectivity index (χ3v) is 7.86. The number of rotatable bonds is 4. The van der Waals surface area contributed by atoms with E-state index in [1.54, 1.807) is 0 Å². The molecule has 0 fully saturated rings. The van der Waals surface area contributed by atoms with Crippen LogP contribution >= 0.6 is 0 Å². The normalized spacial score (nSPS) is 12.1. The molecule has 0 aliphatic carbocycles. The lowest BCUT2D eigenvalue weighted by molar-refractivity contribution is 0.588. The Morgan fingerprint density at radius 1 is 0.537 bits per heavy atom. The van der Waals surface area contributed by atoms with E-state index in [9.17, 15) is 0 Å². The molecular formula is C38H43N3. The zero-order valence-electron chi connectivity index (χ0n) is 26.3. The molecule has 4 aromatic carbocycles. The van der Waals surface area contributed by atoms with Gasteiger partial charge in [0.25, 0.3) is 0 Å². The van der Waals surface area contributed by atoms with Gasteiger partial charge in [-0.3, -0.25) is 0 Å². The van der Waals surface area contributed by atoms with Crippen molar-refractivity contribution < 1.29 is 0 Å². The molecule has 3 heteroatoms. The van der Waals surface area contributed by atoms with Crippen LogP contribution in [0.25, 0.3) is 39.6 Å². The minimum atomic E-state index is 0.0698. The topological polar surface area (TPSA) is 30.7 Å². The second-order valence-electron chi connectivity index (χ2n) is 13.7. The van der Waals surface area contributed by atoms with Gasteiger partial charge < -0.3 is 0 Å². The van der Waals surface area contributed by atoms with Crippen LogP contribution in [-0.2, 0) is 10.8 Å². The number of aromatic nitrogens is 3. The summed E-state index contributed by atoms with van der Waals surface area (Å²) in [6.07, 6.45) is 0. The lowest BCUT2D eigenvalue weighted by Gasteiger charge is -2.22. The van der Waals surface area contributed by atoms with Crippen molar-refractivity contribution in [3.8, 4) is 39.6 Å². The van der Waals surface area contributed by atoms with Gasteiger partial charge in [-0.1, -0.05) is 113 Å². The van der Waals surface area contributed by atoms with Crippen LogP contribution in [0.1, 0.15) is 74.9 Å². The molecule has 0 atom stereocenters. The van der Waals surface area contributed by atoms with Gasteiger partial charge >= 0.3 is 0 Å². The Balaban J connectivity index is 1.69. The largest absolute Gasteiger partial charge is 0.212 e. The molecule has 0 N–H and O–H groups in total. The summed E-state index contributed by atoms with van der Waals surface area (Å²) in [7, 11) is 0. The smallest absolute Gasteiger partial charge is 0.182 e. The first-order valence-corrected chi connectivity index (χ1v) is 14.6. The standard InChI is InChI=1S/C38H43N3/c1-24-18-25(2)20-31(19-24)35-39-36(41(40-35)34-26(3)21-33(22-27(34)4)38(8,9)10)30-13-11-12-29(23-30)28-14-16-32(17-15-28)37(5,6)7/h11-23H,1-10H3. The Morgan fingerprint density at radius 2 is 1.10 bits per heavy atom. The van der Waals surface area contributed by atoms with Gasteiger partial charge in [0.1, 0.15) is 0 Å². The van der Waals surface area contributed by atoms with Gasteiger partial charge in [-0.05, 0) is 90.1 Å². The molecule has 0 unspecified atom stereocenters. The summed E-state index contributed by atoms with van der Waals surface area (Å²) in [5.41, 5.74) is 13.2. The summed E-state index contributed by atoms with van der Waals surface area (Å²) in [6, 6.07) is 28.8. The average Bonchev–Trinajstić information content (AvgIpc) is 3.32. The summed E-state index contributed by atoms with van der Waals surface area (Å²) in [6.45, 7) is 22.2. The minimum Gasteiger partial charge on any atom is -0.212 e. The number of benzene rings is 4. The summed E-state index contributed by atoms with van der Waals surface area (Å²) < 4.78 is 2.06. The molecule has 0 bridgehead atoms. The van der Waals surface area contributed by atoms with E-state index < -0.39 is 0 Å². The van der Waals surface area contributed by atoms with Crippen LogP contribution in [0.2, 0.25) is 0 Å². The van der Waals surface area contributed by atoms with Crippen molar-refractivity contribution in [3.63, 3.8) is 0 Å². The van der Waals surface area contributed by atoms with Gasteiger partial charge in [0.15, 0.2) is 11.6 Å². The average molecular weight is 542 g/mol. The van der Waals surface area contributed by atoms with Gasteiger partial charge in [0.05, 0.1) is 5.69 Å². The summed E-state index contributed by atoms with van der Waals surface area (Å²) >= 11 is 0. The lowest BCUT2D eigenvalue weighted by atomic mass is 9.85. The molecule has 0 saturated heterocycles. The third-order valence-electron chi connectivity index (χ3n) is 7.86. The van der Waals surface area contributed by atoms with Crippen LogP contribution in [0.5, 0.6) is 0 Å². The molecule has 0 aliphatic heterocycles. The van der Waals surface area contributed by atoms with Gasteiger partial charge in [-0.15, -0.1) is 5.10 Å². The van der Waals surface area contributed by atoms with Crippen molar-refractivity contribution in [3.05, 3.63) is 112 Å². The first-order valence-electron chi connectivity index (χ1n) is 14.6. The van der Waals surface area contributed by atoms with Gasteiger partial charge in [0, 0.05) is 11.1 Å². The quantitative estimate of drug-likeness (QED) is 0.227. The molecule has 5 aromatic rings. The van der Waals surface area contributed by atoms with E-state index in [1.807, 2.05) is 0 Å². The summed E-state index contributed by atoms with van der Waals surface area (Å²) in [5.74, 6) is 1.59. The number of hydrogen-bond acceptors (Lipinski definition) is 2. The van der Waals surface area contributed by atoms with Crippen molar-refractivity contribution in [2.45, 2.75) is 80.1 Å². The highest BCUT2D eigenvalue weighted by molar-refractivity contribution is 5.73. The van der Waals surface area contributed by atoms with Crippen LogP contribution in [-0.4, -0.2) is 14.8 Å². The molecule has 0 saturated carbocycles. The Kier molecular flexibility index (Phi) is 7.27. The SMILES string of the molecule is Cc1cc(C)cc(-c2nc(-c3cccc(-c4ccc(C(C)(C)C)cc4)c3)n(-c3c(C)cc(C(C)(C)C)cc3C)n2)c1. The third kappa shape index (κ3) is 5.91. The second kappa shape index (κ2) is 10.4. The molecule has 0 radical (unpaired) electrons. The molecular weight excluding hydrogens is 498 g/mol. The number of hydrogen-bond donors (Lipinski definition) is 0. The van der Waals surface area contributed by atoms with E-state index in [1.165, 1.54) is 44.5 Å². The van der Waals surface area contributed by atoms with Crippen LogP contribution < -0.4 is 0 Å². The van der Waals surface area contributed by atoms with Gasteiger partial charge in [-0.2, -0.15) is 0 Å². The van der Waals surface area contributed by atoms with E-state index in [2.05, 4.69) is 153 Å². The van der Waals surface area contributed by atoms with Crippen LogP contribution in [0.15, 0.2) is 78.9 Å². The maximum absolute atomic E-state index is 5.20. The zero-order valence-corrected chi connectivity index (χ0v) is 26.3. The van der Waals surface area contributed by atoms with E-state index in [0.717, 1.165) is 28.5 Å². The Morgan fingerprint density at radius 3 is 1.66 bits per heavy atom. The summed E-state index contributed by atoms with van der Waals surface area (Å²) in [4.78, 5) is 5.20. The highest BCUT2D eigenvalue weighted by Crippen LogP contribution is 2.34. The molecule has 210 valence electrons. The van der Waals surface area contributed by atoms with Gasteiger partial charge in [-0.25, -0.2) is 9.67 Å². The molecule has 0 amide bonds. The van der Waals surface area contributed by atoms with Crippen LogP contribution in [0.4, 0.5) is 0 Å². The van der Waals surface area contributed by atoms with Crippen LogP contribution in [0.3, 0.4) is 0 Å². The number of aryl methyl sites for hydroxylation is 4. The zero-order chi connectivity index (χ0) is 29.7. The fraction of sp³-hybridized carbons (Fsp3) is 0.316. The van der Waals surface area contributed by atoms with E-state index in [4.69, 9.17) is 10.1 Å². The summed E-state index contributed by atoms with van der Waals surface area (Å²) in [5, 5.41) is 5.17. The molecule has 1 heterocycles. The van der Waals surface area contributed by atoms with E-state index in [0.29, 0.717) is 0 Å². The Labute approximate surface area is 246 Å². The molecule has 1 aromatic heterocycles. The Hall–Kier alpha value is -3.98. The Bertz CT molecular complexity index is 1680. The van der Waals surface area contributed by atoms with E-state index >= 15 is 0 Å². The van der Waals surface area contributed by atoms with Crippen molar-refractivity contribution in [1.82, 2.24) is 14.8 Å². The van der Waals surface area contributed by atoms with Crippen molar-refractivity contribution in [2.24, 2.45) is 0 Å². The second-order valence-corrected chi connectivity index (χ2v) is 13.7.